The minimum absolute atomic E-state index is 0.0745. The number of carbonyl (C=O) groups is 1. The van der Waals surface area contributed by atoms with Crippen molar-refractivity contribution in [3.63, 3.8) is 0 Å². The second kappa shape index (κ2) is 8.29. The van der Waals surface area contributed by atoms with Crippen LogP contribution in [0.15, 0.2) is 53.4 Å². The summed E-state index contributed by atoms with van der Waals surface area (Å²) in [6.07, 6.45) is -0.0745. The molecule has 0 saturated carbocycles. The lowest BCUT2D eigenvalue weighted by atomic mass is 10.3. The number of halogens is 1. The first-order valence-electron chi connectivity index (χ1n) is 7.97. The molecule has 1 N–H and O–H groups in total. The first kappa shape index (κ1) is 19.9. The molecule has 0 fully saturated rings. The summed E-state index contributed by atoms with van der Waals surface area (Å²) >= 11 is 0. The molecular weight excluding hydrogens is 359 g/mol. The van der Waals surface area contributed by atoms with Crippen molar-refractivity contribution in [3.8, 4) is 5.75 Å². The Morgan fingerprint density at radius 3 is 2.38 bits per heavy atom. The Kier molecular flexibility index (Phi) is 6.33. The van der Waals surface area contributed by atoms with Crippen LogP contribution in [0.4, 0.5) is 10.1 Å². The van der Waals surface area contributed by atoms with E-state index >= 15 is 0 Å². The van der Waals surface area contributed by atoms with Crippen molar-refractivity contribution >= 4 is 21.6 Å². The summed E-state index contributed by atoms with van der Waals surface area (Å²) in [5.74, 6) is -0.552. The third-order valence-electron chi connectivity index (χ3n) is 3.41. The molecule has 0 unspecified atom stereocenters. The number of amides is 1. The predicted octanol–water partition coefficient (Wildman–Crippen LogP) is 2.87. The summed E-state index contributed by atoms with van der Waals surface area (Å²) in [6, 6.07) is 11.3. The van der Waals surface area contributed by atoms with Crippen LogP contribution < -0.4 is 10.1 Å². The highest BCUT2D eigenvalue weighted by Gasteiger charge is 2.23. The van der Waals surface area contributed by atoms with Crippen LogP contribution in [0.3, 0.4) is 0 Å². The van der Waals surface area contributed by atoms with Gasteiger partial charge in [-0.15, -0.1) is 0 Å². The molecule has 140 valence electrons. The Bertz CT molecular complexity index is 867. The number of likely N-dealkylation sites (N-methyl/N-ethyl adjacent to an activating group) is 1. The molecule has 6 nitrogen and oxygen atoms in total. The van der Waals surface area contributed by atoms with Gasteiger partial charge >= 0.3 is 0 Å². The minimum Gasteiger partial charge on any atom is -0.489 e. The lowest BCUT2D eigenvalue weighted by Gasteiger charge is -2.18. The number of ether oxygens (including phenoxy) is 1. The van der Waals surface area contributed by atoms with Gasteiger partial charge in [0.2, 0.25) is 15.9 Å². The molecule has 0 aliphatic carbocycles. The van der Waals surface area contributed by atoms with Crippen LogP contribution in [0, 0.1) is 5.82 Å². The molecule has 0 aliphatic rings. The zero-order valence-electron chi connectivity index (χ0n) is 14.8. The fraction of sp³-hybridized carbons (Fsp3) is 0.278. The van der Waals surface area contributed by atoms with E-state index in [2.05, 4.69) is 5.32 Å². The van der Waals surface area contributed by atoms with Gasteiger partial charge in [0.1, 0.15) is 11.6 Å². The Labute approximate surface area is 152 Å². The van der Waals surface area contributed by atoms with Crippen LogP contribution in [0.25, 0.3) is 0 Å². The number of hydrogen-bond donors (Lipinski definition) is 1. The molecule has 2 aromatic rings. The van der Waals surface area contributed by atoms with Crippen LogP contribution in [-0.4, -0.2) is 38.3 Å². The Balaban J connectivity index is 2.09. The molecule has 8 heteroatoms. The molecule has 2 aromatic carbocycles. The van der Waals surface area contributed by atoms with E-state index in [0.717, 1.165) is 28.6 Å². The van der Waals surface area contributed by atoms with Crippen molar-refractivity contribution in [1.29, 1.82) is 0 Å². The summed E-state index contributed by atoms with van der Waals surface area (Å²) < 4.78 is 44.4. The minimum atomic E-state index is -3.90. The number of nitrogens with zero attached hydrogens (tertiary/aromatic N) is 1. The molecule has 1 amide bonds. The van der Waals surface area contributed by atoms with Crippen LogP contribution in [0.2, 0.25) is 0 Å². The van der Waals surface area contributed by atoms with E-state index in [1.807, 2.05) is 13.8 Å². The first-order chi connectivity index (χ1) is 12.2. The van der Waals surface area contributed by atoms with Gasteiger partial charge in [-0.25, -0.2) is 12.8 Å². The largest absolute Gasteiger partial charge is 0.489 e. The summed E-state index contributed by atoms with van der Waals surface area (Å²) in [5, 5.41) is 2.65. The molecule has 26 heavy (non-hydrogen) atoms. The maximum atomic E-state index is 13.0. The van der Waals surface area contributed by atoms with Gasteiger partial charge in [0.15, 0.2) is 0 Å². The van der Waals surface area contributed by atoms with Crippen LogP contribution in [0.5, 0.6) is 5.75 Å². The van der Waals surface area contributed by atoms with E-state index in [-0.39, 0.29) is 11.0 Å². The van der Waals surface area contributed by atoms with Crippen molar-refractivity contribution in [2.24, 2.45) is 0 Å². The predicted molar refractivity (Wildman–Crippen MR) is 97.1 cm³/mol. The molecule has 0 radical (unpaired) electrons. The van der Waals surface area contributed by atoms with Crippen molar-refractivity contribution < 1.29 is 22.3 Å². The lowest BCUT2D eigenvalue weighted by Crippen LogP contribution is -2.35. The van der Waals surface area contributed by atoms with Crippen LogP contribution in [-0.2, 0) is 14.8 Å². The van der Waals surface area contributed by atoms with Gasteiger partial charge in [-0.2, -0.15) is 4.31 Å². The number of sulfonamides is 1. The van der Waals surface area contributed by atoms with Crippen LogP contribution >= 0.6 is 0 Å². The van der Waals surface area contributed by atoms with Crippen molar-refractivity contribution in [2.75, 3.05) is 18.9 Å². The van der Waals surface area contributed by atoms with Gasteiger partial charge in [-0.05, 0) is 50.2 Å². The molecule has 0 bridgehead atoms. The highest BCUT2D eigenvalue weighted by Crippen LogP contribution is 2.25. The quantitative estimate of drug-likeness (QED) is 0.801. The normalized spacial score (nSPS) is 11.6. The fourth-order valence-electron chi connectivity index (χ4n) is 2.19. The maximum Gasteiger partial charge on any atom is 0.243 e. The monoisotopic (exact) mass is 380 g/mol. The second-order valence-corrected chi connectivity index (χ2v) is 7.97. The summed E-state index contributed by atoms with van der Waals surface area (Å²) in [4.78, 5) is 12.2. The van der Waals surface area contributed by atoms with Crippen molar-refractivity contribution in [3.05, 3.63) is 54.3 Å². The Morgan fingerprint density at radius 1 is 1.15 bits per heavy atom. The van der Waals surface area contributed by atoms with E-state index in [0.29, 0.717) is 11.4 Å². The van der Waals surface area contributed by atoms with Gasteiger partial charge in [-0.1, -0.05) is 12.1 Å². The van der Waals surface area contributed by atoms with Gasteiger partial charge < -0.3 is 10.1 Å². The molecular formula is C18H21FN2O4S. The number of nitrogens with one attached hydrogen (secondary N) is 1. The Morgan fingerprint density at radius 2 is 1.77 bits per heavy atom. The number of para-hydroxylation sites is 2. The van der Waals surface area contributed by atoms with E-state index < -0.39 is 28.3 Å². The third-order valence-corrected chi connectivity index (χ3v) is 5.23. The zero-order chi connectivity index (χ0) is 19.3. The summed E-state index contributed by atoms with van der Waals surface area (Å²) in [5.41, 5.74) is 0.457. The highest BCUT2D eigenvalue weighted by molar-refractivity contribution is 7.89. The van der Waals surface area contributed by atoms with Gasteiger partial charge in [0.05, 0.1) is 23.2 Å². The van der Waals surface area contributed by atoms with Gasteiger partial charge in [0, 0.05) is 7.05 Å². The van der Waals surface area contributed by atoms with E-state index in [1.54, 1.807) is 24.3 Å². The second-order valence-electron chi connectivity index (χ2n) is 5.93. The molecule has 0 heterocycles. The average Bonchev–Trinajstić information content (AvgIpc) is 2.56. The average molecular weight is 380 g/mol. The highest BCUT2D eigenvalue weighted by atomic mass is 32.2. The molecule has 0 saturated heterocycles. The number of benzene rings is 2. The van der Waals surface area contributed by atoms with E-state index in [9.17, 15) is 17.6 Å². The maximum absolute atomic E-state index is 13.0. The zero-order valence-corrected chi connectivity index (χ0v) is 15.6. The fourth-order valence-corrected chi connectivity index (χ4v) is 3.32. The lowest BCUT2D eigenvalue weighted by molar-refractivity contribution is -0.116. The number of hydrogen-bond acceptors (Lipinski definition) is 4. The van der Waals surface area contributed by atoms with Gasteiger partial charge in [0.25, 0.3) is 0 Å². The third kappa shape index (κ3) is 5.03. The summed E-state index contributed by atoms with van der Waals surface area (Å²) in [7, 11) is -2.61. The number of anilines is 1. The van der Waals surface area contributed by atoms with E-state index in [4.69, 9.17) is 4.74 Å². The standard InChI is InChI=1S/C18H21FN2O4S/c1-13(2)25-17-7-5-4-6-16(17)20-18(22)12-21(3)26(23,24)15-10-8-14(19)9-11-15/h4-11,13H,12H2,1-3H3,(H,20,22). The molecule has 0 aromatic heterocycles. The SMILES string of the molecule is CC(C)Oc1ccccc1NC(=O)CN(C)S(=O)(=O)c1ccc(F)cc1. The summed E-state index contributed by atoms with van der Waals surface area (Å²) in [6.45, 7) is 3.33. The number of carbonyl (C=O) groups excluding carboxylic acids is 1. The number of rotatable bonds is 7. The smallest absolute Gasteiger partial charge is 0.243 e. The van der Waals surface area contributed by atoms with Crippen molar-refractivity contribution in [2.45, 2.75) is 24.8 Å². The van der Waals surface area contributed by atoms with Crippen molar-refractivity contribution in [1.82, 2.24) is 4.31 Å². The van der Waals surface area contributed by atoms with Crippen LogP contribution in [0.1, 0.15) is 13.8 Å². The molecule has 0 atom stereocenters. The molecule has 0 spiro atoms. The topological polar surface area (TPSA) is 75.7 Å². The molecule has 2 rings (SSSR count). The van der Waals surface area contributed by atoms with Gasteiger partial charge in [-0.3, -0.25) is 4.79 Å². The molecule has 0 aliphatic heterocycles. The Hall–Kier alpha value is -2.45. The van der Waals surface area contributed by atoms with E-state index in [1.165, 1.54) is 7.05 Å². The first-order valence-corrected chi connectivity index (χ1v) is 9.41.